The van der Waals surface area contributed by atoms with Gasteiger partial charge in [0.25, 0.3) is 5.91 Å². The molecule has 6 heteroatoms. The summed E-state index contributed by atoms with van der Waals surface area (Å²) >= 11 is 6.35. The number of likely N-dealkylation sites (N-methyl/N-ethyl adjacent to an activating group) is 1. The van der Waals surface area contributed by atoms with Gasteiger partial charge >= 0.3 is 5.97 Å². The molecule has 1 saturated carbocycles. The predicted octanol–water partition coefficient (Wildman–Crippen LogP) is 3.26. The molecule has 0 aliphatic heterocycles. The molecule has 1 aliphatic rings. The van der Waals surface area contributed by atoms with E-state index in [1.165, 1.54) is 17.1 Å². The number of ketones is 1. The molecule has 0 saturated heterocycles. The van der Waals surface area contributed by atoms with Crippen LogP contribution in [0.5, 0.6) is 0 Å². The fraction of sp³-hybridized carbons (Fsp3) is 0.421. The maximum Gasteiger partial charge on any atom is 0.330 e. The monoisotopic (exact) mass is 363 g/mol. The van der Waals surface area contributed by atoms with Crippen LogP contribution in [0.2, 0.25) is 5.02 Å². The SMILES string of the molecule is C/C=C/C(=O)OCC(=O)N(C)[C@@]1(c2ccccc2Cl)CCCCC1=O. The summed E-state index contributed by atoms with van der Waals surface area (Å²) in [6, 6.07) is 7.08. The largest absolute Gasteiger partial charge is 0.452 e. The number of hydrogen-bond acceptors (Lipinski definition) is 4. The number of allylic oxidation sites excluding steroid dienone is 1. The Morgan fingerprint density at radius 2 is 2.04 bits per heavy atom. The zero-order valence-electron chi connectivity index (χ0n) is 14.5. The first-order chi connectivity index (χ1) is 11.9. The minimum Gasteiger partial charge on any atom is -0.452 e. The molecule has 134 valence electrons. The fourth-order valence-corrected chi connectivity index (χ4v) is 3.55. The quantitative estimate of drug-likeness (QED) is 0.595. The van der Waals surface area contributed by atoms with Crippen LogP contribution in [0.25, 0.3) is 0 Å². The molecule has 1 amide bonds. The average molecular weight is 364 g/mol. The predicted molar refractivity (Wildman–Crippen MR) is 95.1 cm³/mol. The Bertz CT molecular complexity index is 700. The van der Waals surface area contributed by atoms with E-state index in [2.05, 4.69) is 0 Å². The van der Waals surface area contributed by atoms with Gasteiger partial charge in [-0.1, -0.05) is 35.9 Å². The van der Waals surface area contributed by atoms with Gasteiger partial charge in [-0.3, -0.25) is 9.59 Å². The summed E-state index contributed by atoms with van der Waals surface area (Å²) < 4.78 is 4.94. The number of nitrogens with zero attached hydrogens (tertiary/aromatic N) is 1. The highest BCUT2D eigenvalue weighted by atomic mass is 35.5. The Labute approximate surface area is 152 Å². The molecule has 5 nitrogen and oxygen atoms in total. The molecule has 1 aliphatic carbocycles. The van der Waals surface area contributed by atoms with E-state index >= 15 is 0 Å². The van der Waals surface area contributed by atoms with Crippen molar-refractivity contribution < 1.29 is 19.1 Å². The minimum absolute atomic E-state index is 0.0394. The lowest BCUT2D eigenvalue weighted by atomic mass is 9.74. The van der Waals surface area contributed by atoms with Gasteiger partial charge in [0.15, 0.2) is 12.4 Å². The zero-order valence-corrected chi connectivity index (χ0v) is 15.2. The van der Waals surface area contributed by atoms with Crippen LogP contribution in [-0.4, -0.2) is 36.2 Å². The number of Topliss-reactive ketones (excluding diaryl/α,β-unsaturated/α-hetero) is 1. The van der Waals surface area contributed by atoms with Crippen LogP contribution in [0.3, 0.4) is 0 Å². The van der Waals surface area contributed by atoms with Crippen molar-refractivity contribution in [2.24, 2.45) is 0 Å². The van der Waals surface area contributed by atoms with Gasteiger partial charge in [-0.15, -0.1) is 0 Å². The summed E-state index contributed by atoms with van der Waals surface area (Å²) in [5, 5.41) is 0.448. The van der Waals surface area contributed by atoms with Gasteiger partial charge in [0, 0.05) is 30.1 Å². The van der Waals surface area contributed by atoms with Gasteiger partial charge in [-0.2, -0.15) is 0 Å². The van der Waals surface area contributed by atoms with E-state index in [0.29, 0.717) is 23.4 Å². The first kappa shape index (κ1) is 19.2. The average Bonchev–Trinajstić information content (AvgIpc) is 2.60. The van der Waals surface area contributed by atoms with Crippen molar-refractivity contribution in [3.05, 3.63) is 47.0 Å². The van der Waals surface area contributed by atoms with Gasteiger partial charge in [-0.25, -0.2) is 4.79 Å². The fourth-order valence-electron chi connectivity index (χ4n) is 3.26. The third-order valence-corrected chi connectivity index (χ3v) is 4.89. The van der Waals surface area contributed by atoms with Crippen molar-refractivity contribution >= 4 is 29.3 Å². The molecule has 1 aromatic carbocycles. The Balaban J connectivity index is 2.33. The third kappa shape index (κ3) is 3.93. The lowest BCUT2D eigenvalue weighted by Crippen LogP contribution is -2.55. The highest BCUT2D eigenvalue weighted by Crippen LogP contribution is 2.42. The first-order valence-corrected chi connectivity index (χ1v) is 8.65. The van der Waals surface area contributed by atoms with Gasteiger partial charge < -0.3 is 9.64 Å². The van der Waals surface area contributed by atoms with Crippen molar-refractivity contribution in [2.75, 3.05) is 13.7 Å². The molecular formula is C19H22ClNO4. The maximum absolute atomic E-state index is 12.9. The second-order valence-corrected chi connectivity index (χ2v) is 6.44. The summed E-state index contributed by atoms with van der Waals surface area (Å²) in [5.41, 5.74) is -0.488. The van der Waals surface area contributed by atoms with Crippen molar-refractivity contribution in [2.45, 2.75) is 38.1 Å². The van der Waals surface area contributed by atoms with E-state index in [1.807, 2.05) is 0 Å². The van der Waals surface area contributed by atoms with Crippen LogP contribution in [0.1, 0.15) is 38.2 Å². The van der Waals surface area contributed by atoms with Gasteiger partial charge in [0.1, 0.15) is 5.54 Å². The van der Waals surface area contributed by atoms with E-state index in [0.717, 1.165) is 12.8 Å². The van der Waals surface area contributed by atoms with Crippen molar-refractivity contribution in [3.63, 3.8) is 0 Å². The Hall–Kier alpha value is -2.14. The number of rotatable bonds is 5. The number of benzene rings is 1. The normalized spacial score (nSPS) is 20.5. The summed E-state index contributed by atoms with van der Waals surface area (Å²) in [6.45, 7) is 1.27. The van der Waals surface area contributed by atoms with Gasteiger partial charge in [0.2, 0.25) is 0 Å². The summed E-state index contributed by atoms with van der Waals surface area (Å²) in [4.78, 5) is 38.3. The number of carbonyl (C=O) groups excluding carboxylic acids is 3. The second kappa shape index (κ2) is 8.30. The smallest absolute Gasteiger partial charge is 0.330 e. The molecule has 2 rings (SSSR count). The lowest BCUT2D eigenvalue weighted by Gasteiger charge is -2.43. The zero-order chi connectivity index (χ0) is 18.4. The van der Waals surface area contributed by atoms with Crippen LogP contribution in [-0.2, 0) is 24.7 Å². The Morgan fingerprint density at radius 3 is 2.68 bits per heavy atom. The van der Waals surface area contributed by atoms with Crippen LogP contribution in [0.15, 0.2) is 36.4 Å². The molecule has 0 unspecified atom stereocenters. The molecule has 0 radical (unpaired) electrons. The molecule has 0 bridgehead atoms. The minimum atomic E-state index is -1.11. The van der Waals surface area contributed by atoms with Crippen molar-refractivity contribution in [1.82, 2.24) is 4.90 Å². The summed E-state index contributed by atoms with van der Waals surface area (Å²) in [7, 11) is 1.57. The highest BCUT2D eigenvalue weighted by Gasteiger charge is 2.47. The highest BCUT2D eigenvalue weighted by molar-refractivity contribution is 6.31. The third-order valence-electron chi connectivity index (χ3n) is 4.56. The molecule has 0 spiro atoms. The molecule has 1 fully saturated rings. The van der Waals surface area contributed by atoms with E-state index in [1.54, 1.807) is 38.2 Å². The number of ether oxygens (including phenoxy) is 1. The molecule has 0 heterocycles. The Morgan fingerprint density at radius 1 is 1.32 bits per heavy atom. The number of hydrogen-bond donors (Lipinski definition) is 0. The van der Waals surface area contributed by atoms with Crippen LogP contribution >= 0.6 is 11.6 Å². The molecule has 0 aromatic heterocycles. The summed E-state index contributed by atoms with van der Waals surface area (Å²) in [6.07, 6.45) is 5.27. The van der Waals surface area contributed by atoms with Crippen molar-refractivity contribution in [1.29, 1.82) is 0 Å². The van der Waals surface area contributed by atoms with Crippen LogP contribution in [0.4, 0.5) is 0 Å². The number of halogens is 1. The van der Waals surface area contributed by atoms with Gasteiger partial charge in [0.05, 0.1) is 0 Å². The maximum atomic E-state index is 12.9. The molecule has 1 atom stereocenters. The topological polar surface area (TPSA) is 63.7 Å². The Kier molecular flexibility index (Phi) is 6.37. The number of amides is 1. The standard InChI is InChI=1S/C19H22ClNO4/c1-3-8-18(24)25-13-17(23)21(2)19(12-7-6-11-16(19)22)14-9-4-5-10-15(14)20/h3-5,8-10H,6-7,11-13H2,1-2H3/b8-3+/t19-/m1/s1. The van der Waals surface area contributed by atoms with Crippen LogP contribution in [0, 0.1) is 0 Å². The molecule has 0 N–H and O–H groups in total. The van der Waals surface area contributed by atoms with Gasteiger partial charge in [-0.05, 0) is 32.3 Å². The molecular weight excluding hydrogens is 342 g/mol. The molecule has 1 aromatic rings. The summed E-state index contributed by atoms with van der Waals surface area (Å²) in [5.74, 6) is -1.07. The lowest BCUT2D eigenvalue weighted by molar-refractivity contribution is -0.155. The molecule has 25 heavy (non-hydrogen) atoms. The van der Waals surface area contributed by atoms with E-state index < -0.39 is 24.0 Å². The second-order valence-electron chi connectivity index (χ2n) is 6.03. The first-order valence-electron chi connectivity index (χ1n) is 8.28. The van der Waals surface area contributed by atoms with E-state index in [4.69, 9.17) is 16.3 Å². The number of carbonyl (C=O) groups is 3. The van der Waals surface area contributed by atoms with E-state index in [9.17, 15) is 14.4 Å². The van der Waals surface area contributed by atoms with E-state index in [-0.39, 0.29) is 5.78 Å². The van der Waals surface area contributed by atoms with Crippen molar-refractivity contribution in [3.8, 4) is 0 Å². The number of esters is 1. The van der Waals surface area contributed by atoms with Crippen LogP contribution < -0.4 is 0 Å².